The first kappa shape index (κ1) is 11.0. The van der Waals surface area contributed by atoms with Crippen molar-refractivity contribution in [1.29, 1.82) is 0 Å². The number of ether oxygens (including phenoxy) is 1. The summed E-state index contributed by atoms with van der Waals surface area (Å²) in [6.07, 6.45) is 2.84. The summed E-state index contributed by atoms with van der Waals surface area (Å²) in [6.45, 7) is 4.21. The molecule has 0 radical (unpaired) electrons. The van der Waals surface area contributed by atoms with Gasteiger partial charge >= 0.3 is 0 Å². The monoisotopic (exact) mass is 187 g/mol. The normalized spacial score (nSPS) is 28.4. The van der Waals surface area contributed by atoms with Crippen LogP contribution in [0.5, 0.6) is 0 Å². The lowest BCUT2D eigenvalue weighted by atomic mass is 9.86. The average Bonchev–Trinajstić information content (AvgIpc) is 2.21. The molecule has 1 aliphatic rings. The van der Waals surface area contributed by atoms with Gasteiger partial charge in [0.15, 0.2) is 0 Å². The van der Waals surface area contributed by atoms with Gasteiger partial charge in [-0.2, -0.15) is 0 Å². The summed E-state index contributed by atoms with van der Waals surface area (Å²) >= 11 is 0. The van der Waals surface area contributed by atoms with Crippen molar-refractivity contribution in [3.8, 4) is 0 Å². The van der Waals surface area contributed by atoms with E-state index in [9.17, 15) is 5.11 Å². The molecule has 0 spiro atoms. The molecular weight excluding hydrogens is 166 g/mol. The van der Waals surface area contributed by atoms with E-state index in [1.54, 1.807) is 0 Å². The molecule has 0 aromatic heterocycles. The Morgan fingerprint density at radius 2 is 2.38 bits per heavy atom. The molecule has 0 aromatic rings. The van der Waals surface area contributed by atoms with E-state index in [1.807, 2.05) is 0 Å². The minimum absolute atomic E-state index is 0.242. The lowest BCUT2D eigenvalue weighted by molar-refractivity contribution is -0.0319. The predicted octanol–water partition coefficient (Wildman–Crippen LogP) is 0.759. The van der Waals surface area contributed by atoms with Gasteiger partial charge in [-0.3, -0.25) is 0 Å². The Kier molecular flexibility index (Phi) is 4.70. The van der Waals surface area contributed by atoms with Gasteiger partial charge in [0.2, 0.25) is 0 Å². The molecule has 0 aromatic carbocycles. The van der Waals surface area contributed by atoms with Crippen molar-refractivity contribution in [3.63, 3.8) is 0 Å². The highest BCUT2D eigenvalue weighted by Crippen LogP contribution is 2.23. The summed E-state index contributed by atoms with van der Waals surface area (Å²) in [5, 5.41) is 9.97. The van der Waals surface area contributed by atoms with Crippen LogP contribution < -0.4 is 5.73 Å². The van der Waals surface area contributed by atoms with Crippen LogP contribution in [-0.4, -0.2) is 31.0 Å². The van der Waals surface area contributed by atoms with Crippen LogP contribution in [0.4, 0.5) is 0 Å². The van der Waals surface area contributed by atoms with Gasteiger partial charge in [-0.15, -0.1) is 0 Å². The summed E-state index contributed by atoms with van der Waals surface area (Å²) in [5.74, 6) is 0.550. The highest BCUT2D eigenvalue weighted by Gasteiger charge is 2.27. The maximum atomic E-state index is 9.97. The Balaban J connectivity index is 2.38. The highest BCUT2D eigenvalue weighted by molar-refractivity contribution is 4.78. The topological polar surface area (TPSA) is 55.5 Å². The number of hydrogen-bond acceptors (Lipinski definition) is 3. The molecule has 3 heteroatoms. The lowest BCUT2D eigenvalue weighted by Gasteiger charge is -2.31. The van der Waals surface area contributed by atoms with Crippen LogP contribution in [0.1, 0.15) is 26.2 Å². The molecule has 1 heterocycles. The van der Waals surface area contributed by atoms with Crippen molar-refractivity contribution in [1.82, 2.24) is 0 Å². The second-order valence-corrected chi connectivity index (χ2v) is 3.87. The fourth-order valence-corrected chi connectivity index (χ4v) is 1.97. The maximum absolute atomic E-state index is 9.97. The van der Waals surface area contributed by atoms with E-state index in [4.69, 9.17) is 10.5 Å². The zero-order chi connectivity index (χ0) is 9.68. The van der Waals surface area contributed by atoms with Gasteiger partial charge in [-0.1, -0.05) is 6.92 Å². The van der Waals surface area contributed by atoms with Crippen LogP contribution in [0.2, 0.25) is 0 Å². The number of aliphatic hydroxyl groups excluding tert-OH is 1. The molecule has 78 valence electrons. The molecule has 3 N–H and O–H groups in total. The van der Waals surface area contributed by atoms with Crippen LogP contribution in [-0.2, 0) is 4.74 Å². The van der Waals surface area contributed by atoms with E-state index in [0.29, 0.717) is 19.1 Å². The number of nitrogens with two attached hydrogens (primary N) is 1. The van der Waals surface area contributed by atoms with Crippen molar-refractivity contribution >= 4 is 0 Å². The molecule has 3 atom stereocenters. The Bertz CT molecular complexity index is 131. The third-order valence-corrected chi connectivity index (χ3v) is 2.99. The van der Waals surface area contributed by atoms with Crippen LogP contribution in [0.25, 0.3) is 0 Å². The van der Waals surface area contributed by atoms with Gasteiger partial charge in [0.25, 0.3) is 0 Å². The van der Waals surface area contributed by atoms with Gasteiger partial charge in [0.05, 0.1) is 12.7 Å². The SMILES string of the molecule is CCC(CN)C(O)C1CCCOC1. The van der Waals surface area contributed by atoms with Gasteiger partial charge in [0, 0.05) is 12.5 Å². The zero-order valence-corrected chi connectivity index (χ0v) is 8.41. The van der Waals surface area contributed by atoms with Crippen molar-refractivity contribution in [2.24, 2.45) is 17.6 Å². The molecule has 1 fully saturated rings. The smallest absolute Gasteiger partial charge is 0.0630 e. The number of rotatable bonds is 4. The van der Waals surface area contributed by atoms with E-state index in [1.165, 1.54) is 0 Å². The summed E-state index contributed by atoms with van der Waals surface area (Å²) < 4.78 is 5.34. The molecule has 1 saturated heterocycles. The lowest BCUT2D eigenvalue weighted by Crippen LogP contribution is -2.37. The third-order valence-electron chi connectivity index (χ3n) is 2.99. The Labute approximate surface area is 80.3 Å². The minimum Gasteiger partial charge on any atom is -0.392 e. The number of hydrogen-bond donors (Lipinski definition) is 2. The third kappa shape index (κ3) is 2.93. The van der Waals surface area contributed by atoms with Gasteiger partial charge < -0.3 is 15.6 Å². The molecule has 13 heavy (non-hydrogen) atoms. The highest BCUT2D eigenvalue weighted by atomic mass is 16.5. The van der Waals surface area contributed by atoms with Gasteiger partial charge in [0.1, 0.15) is 0 Å². The standard InChI is InChI=1S/C10H21NO2/c1-2-8(6-11)10(12)9-4-3-5-13-7-9/h8-10,12H,2-7,11H2,1H3. The quantitative estimate of drug-likeness (QED) is 0.683. The largest absolute Gasteiger partial charge is 0.392 e. The minimum atomic E-state index is -0.268. The maximum Gasteiger partial charge on any atom is 0.0630 e. The summed E-state index contributed by atoms with van der Waals surface area (Å²) in [6, 6.07) is 0. The molecule has 0 bridgehead atoms. The molecule has 0 amide bonds. The molecule has 1 rings (SSSR count). The van der Waals surface area contributed by atoms with Crippen LogP contribution in [0.15, 0.2) is 0 Å². The van der Waals surface area contributed by atoms with E-state index in [2.05, 4.69) is 6.92 Å². The molecule has 1 aliphatic heterocycles. The summed E-state index contributed by atoms with van der Waals surface area (Å²) in [5.41, 5.74) is 5.59. The van der Waals surface area contributed by atoms with Crippen LogP contribution >= 0.6 is 0 Å². The summed E-state index contributed by atoms with van der Waals surface area (Å²) in [7, 11) is 0. The molecular formula is C10H21NO2. The second-order valence-electron chi connectivity index (χ2n) is 3.87. The van der Waals surface area contributed by atoms with Crippen LogP contribution in [0, 0.1) is 11.8 Å². The first-order chi connectivity index (χ1) is 6.29. The fraction of sp³-hybridized carbons (Fsp3) is 1.00. The first-order valence-electron chi connectivity index (χ1n) is 5.25. The first-order valence-corrected chi connectivity index (χ1v) is 5.25. The molecule has 3 unspecified atom stereocenters. The molecule has 0 aliphatic carbocycles. The zero-order valence-electron chi connectivity index (χ0n) is 8.41. The van der Waals surface area contributed by atoms with Crippen molar-refractivity contribution < 1.29 is 9.84 Å². The van der Waals surface area contributed by atoms with Crippen molar-refractivity contribution in [2.75, 3.05) is 19.8 Å². The Hall–Kier alpha value is -0.120. The number of aliphatic hydroxyl groups is 1. The van der Waals surface area contributed by atoms with E-state index >= 15 is 0 Å². The van der Waals surface area contributed by atoms with Crippen molar-refractivity contribution in [2.45, 2.75) is 32.3 Å². The van der Waals surface area contributed by atoms with E-state index in [0.717, 1.165) is 25.9 Å². The van der Waals surface area contributed by atoms with Crippen LogP contribution in [0.3, 0.4) is 0 Å². The molecule has 3 nitrogen and oxygen atoms in total. The van der Waals surface area contributed by atoms with E-state index in [-0.39, 0.29) is 12.0 Å². The predicted molar refractivity (Wildman–Crippen MR) is 52.4 cm³/mol. The van der Waals surface area contributed by atoms with Gasteiger partial charge in [-0.25, -0.2) is 0 Å². The second kappa shape index (κ2) is 5.58. The molecule has 0 saturated carbocycles. The Morgan fingerprint density at radius 1 is 1.62 bits per heavy atom. The summed E-state index contributed by atoms with van der Waals surface area (Å²) in [4.78, 5) is 0. The van der Waals surface area contributed by atoms with Crippen molar-refractivity contribution in [3.05, 3.63) is 0 Å². The van der Waals surface area contributed by atoms with E-state index < -0.39 is 0 Å². The average molecular weight is 187 g/mol. The Morgan fingerprint density at radius 3 is 2.85 bits per heavy atom. The van der Waals surface area contributed by atoms with Gasteiger partial charge in [-0.05, 0) is 31.7 Å². The fourth-order valence-electron chi connectivity index (χ4n) is 1.97.